The number of amides is 1. The Labute approximate surface area is 225 Å². The van der Waals surface area contributed by atoms with Crippen molar-refractivity contribution in [2.24, 2.45) is 11.3 Å². The van der Waals surface area contributed by atoms with Gasteiger partial charge in [-0.1, -0.05) is 81.2 Å². The van der Waals surface area contributed by atoms with E-state index in [0.717, 1.165) is 22.8 Å². The molecule has 0 spiro atoms. The molecule has 1 saturated heterocycles. The van der Waals surface area contributed by atoms with Crippen molar-refractivity contribution in [3.05, 3.63) is 82.4 Å². The Balaban J connectivity index is 1.87. The van der Waals surface area contributed by atoms with Gasteiger partial charge in [0.15, 0.2) is 0 Å². The molecule has 188 valence electrons. The van der Waals surface area contributed by atoms with Crippen LogP contribution in [-0.2, 0) is 4.79 Å². The lowest BCUT2D eigenvalue weighted by molar-refractivity contribution is -0.154. The van der Waals surface area contributed by atoms with Crippen LogP contribution in [0.1, 0.15) is 76.5 Å². The van der Waals surface area contributed by atoms with Crippen molar-refractivity contribution in [1.82, 2.24) is 4.90 Å². The molecule has 1 amide bonds. The smallest absolute Gasteiger partial charge is 0.229 e. The molecule has 4 rings (SSSR count). The fourth-order valence-corrected chi connectivity index (χ4v) is 6.94. The summed E-state index contributed by atoms with van der Waals surface area (Å²) in [6.07, 6.45) is 5.70. The molecule has 1 saturated carbocycles. The molecule has 4 atom stereocenters. The Morgan fingerprint density at radius 1 is 1.11 bits per heavy atom. The number of carbonyl (C=O) groups excluding carboxylic acids is 1. The van der Waals surface area contributed by atoms with Crippen molar-refractivity contribution in [2.75, 3.05) is 5.75 Å². The molecule has 2 nitrogen and oxygen atoms in total. The summed E-state index contributed by atoms with van der Waals surface area (Å²) in [5.74, 6) is 1.87. The Morgan fingerprint density at radius 3 is 2.37 bits per heavy atom. The molecule has 0 N–H and O–H groups in total. The maximum atomic E-state index is 14.4. The lowest BCUT2D eigenvalue weighted by atomic mass is 9.67. The van der Waals surface area contributed by atoms with Gasteiger partial charge in [0.1, 0.15) is 0 Å². The van der Waals surface area contributed by atoms with Crippen LogP contribution >= 0.6 is 35.0 Å². The molecule has 2 aromatic carbocycles. The normalized spacial score (nSPS) is 26.0. The van der Waals surface area contributed by atoms with Crippen LogP contribution in [0.25, 0.3) is 0 Å². The zero-order valence-corrected chi connectivity index (χ0v) is 23.6. The van der Waals surface area contributed by atoms with Gasteiger partial charge in [-0.3, -0.25) is 4.79 Å². The van der Waals surface area contributed by atoms with E-state index in [1.165, 1.54) is 18.4 Å². The number of piperidine rings is 1. The fraction of sp³-hybridized carbons (Fsp3) is 0.500. The van der Waals surface area contributed by atoms with E-state index < -0.39 is 5.41 Å². The maximum absolute atomic E-state index is 14.4. The minimum absolute atomic E-state index is 0.0673. The van der Waals surface area contributed by atoms with Gasteiger partial charge in [0.05, 0.1) is 11.5 Å². The van der Waals surface area contributed by atoms with E-state index in [4.69, 9.17) is 23.2 Å². The molecule has 1 heterocycles. The number of carbonyl (C=O) groups is 1. The van der Waals surface area contributed by atoms with Gasteiger partial charge in [0.25, 0.3) is 0 Å². The summed E-state index contributed by atoms with van der Waals surface area (Å²) in [5.41, 5.74) is 1.82. The van der Waals surface area contributed by atoms with Gasteiger partial charge in [-0.25, -0.2) is 0 Å². The van der Waals surface area contributed by atoms with Gasteiger partial charge < -0.3 is 4.90 Å². The van der Waals surface area contributed by atoms with Crippen LogP contribution < -0.4 is 0 Å². The Kier molecular flexibility index (Phi) is 8.01. The number of allylic oxidation sites excluding steroid dienone is 1. The van der Waals surface area contributed by atoms with Crippen LogP contribution in [0.15, 0.2) is 61.2 Å². The number of hydrogen-bond donors (Lipinski definition) is 0. The van der Waals surface area contributed by atoms with E-state index in [1.807, 2.05) is 42.1 Å². The second kappa shape index (κ2) is 10.5. The van der Waals surface area contributed by atoms with E-state index >= 15 is 0 Å². The lowest BCUT2D eigenvalue weighted by Gasteiger charge is -2.52. The van der Waals surface area contributed by atoms with Crippen LogP contribution in [-0.4, -0.2) is 27.3 Å². The molecule has 0 unspecified atom stereocenters. The van der Waals surface area contributed by atoms with Crippen LogP contribution in [0.3, 0.4) is 0 Å². The van der Waals surface area contributed by atoms with E-state index in [2.05, 4.69) is 63.4 Å². The summed E-state index contributed by atoms with van der Waals surface area (Å²) in [5, 5.41) is 1.44. The summed E-state index contributed by atoms with van der Waals surface area (Å²) in [6, 6.07) is 16.4. The highest BCUT2D eigenvalue weighted by atomic mass is 35.5. The minimum Gasteiger partial charge on any atom is -0.330 e. The molecule has 5 heteroatoms. The summed E-state index contributed by atoms with van der Waals surface area (Å²) in [6.45, 7) is 12.9. The molecular weight excluding hydrogens is 493 g/mol. The monoisotopic (exact) mass is 529 g/mol. The van der Waals surface area contributed by atoms with Gasteiger partial charge in [0.2, 0.25) is 5.91 Å². The molecule has 0 bridgehead atoms. The van der Waals surface area contributed by atoms with Gasteiger partial charge in [-0.2, -0.15) is 11.8 Å². The Hall–Kier alpha value is -1.42. The molecule has 2 fully saturated rings. The summed E-state index contributed by atoms with van der Waals surface area (Å²) >= 11 is 14.7. The topological polar surface area (TPSA) is 20.3 Å². The molecule has 0 aromatic heterocycles. The summed E-state index contributed by atoms with van der Waals surface area (Å²) < 4.78 is 0.137. The number of benzene rings is 2. The van der Waals surface area contributed by atoms with Crippen molar-refractivity contribution >= 4 is 40.9 Å². The first-order valence-corrected chi connectivity index (χ1v) is 14.3. The van der Waals surface area contributed by atoms with Gasteiger partial charge in [0, 0.05) is 32.5 Å². The van der Waals surface area contributed by atoms with Crippen LogP contribution in [0, 0.1) is 11.3 Å². The molecular formula is C30H37Cl2NOS. The van der Waals surface area contributed by atoms with Crippen molar-refractivity contribution in [3.8, 4) is 0 Å². The van der Waals surface area contributed by atoms with Crippen molar-refractivity contribution < 1.29 is 4.79 Å². The van der Waals surface area contributed by atoms with Gasteiger partial charge in [-0.05, 0) is 67.0 Å². The third-order valence-corrected chi connectivity index (χ3v) is 9.26. The second-order valence-electron chi connectivity index (χ2n) is 11.5. The summed E-state index contributed by atoms with van der Waals surface area (Å²) in [7, 11) is 0. The third-order valence-electron chi connectivity index (χ3n) is 7.40. The number of rotatable bonds is 8. The van der Waals surface area contributed by atoms with Crippen LogP contribution in [0.4, 0.5) is 0 Å². The van der Waals surface area contributed by atoms with Crippen molar-refractivity contribution in [2.45, 2.75) is 76.1 Å². The third kappa shape index (κ3) is 6.12. The molecule has 2 aliphatic rings. The average Bonchev–Trinajstić information content (AvgIpc) is 3.62. The van der Waals surface area contributed by atoms with E-state index in [9.17, 15) is 4.79 Å². The average molecular weight is 531 g/mol. The highest BCUT2D eigenvalue weighted by Crippen LogP contribution is 2.54. The van der Waals surface area contributed by atoms with Crippen LogP contribution in [0.5, 0.6) is 0 Å². The molecule has 35 heavy (non-hydrogen) atoms. The Morgan fingerprint density at radius 2 is 1.80 bits per heavy atom. The quantitative estimate of drug-likeness (QED) is 0.318. The molecule has 1 aliphatic heterocycles. The standard InChI is InChI=1S/C30H37Cl2NOS/c1-6-16-30(5)18-25(22-8-7-9-24(32)17-22)27(21-12-14-23(31)15-13-21)33(28(30)34)26(20-10-11-20)19-35-29(2,3)4/h6-9,12-15,17,20,25-27H,1,10-11,16,18-19H2,2-5H3/t25-,26-,27-,30+/m1/s1. The van der Waals surface area contributed by atoms with E-state index in [-0.39, 0.29) is 28.7 Å². The van der Waals surface area contributed by atoms with Crippen molar-refractivity contribution in [1.29, 1.82) is 0 Å². The first-order valence-electron chi connectivity index (χ1n) is 12.6. The predicted molar refractivity (Wildman–Crippen MR) is 151 cm³/mol. The van der Waals surface area contributed by atoms with E-state index in [1.54, 1.807) is 0 Å². The molecule has 2 aromatic rings. The first-order chi connectivity index (χ1) is 16.5. The number of likely N-dealkylation sites (tertiary alicyclic amines) is 1. The minimum atomic E-state index is -0.503. The SMILES string of the molecule is C=CC[C@@]1(C)C[C@H](c2cccc(Cl)c2)[C@@H](c2ccc(Cl)cc2)N([C@H](CSC(C)(C)C)C2CC2)C1=O. The van der Waals surface area contributed by atoms with Gasteiger partial charge in [-0.15, -0.1) is 6.58 Å². The number of thioether (sulfide) groups is 1. The highest BCUT2D eigenvalue weighted by Gasteiger charge is 2.53. The number of halogens is 2. The largest absolute Gasteiger partial charge is 0.330 e. The fourth-order valence-electron chi connectivity index (χ4n) is 5.51. The predicted octanol–water partition coefficient (Wildman–Crippen LogP) is 8.94. The Bertz CT molecular complexity index is 1060. The highest BCUT2D eigenvalue weighted by molar-refractivity contribution is 8.00. The second-order valence-corrected chi connectivity index (χ2v) is 14.2. The van der Waals surface area contributed by atoms with Gasteiger partial charge >= 0.3 is 0 Å². The summed E-state index contributed by atoms with van der Waals surface area (Å²) in [4.78, 5) is 16.7. The molecule has 1 aliphatic carbocycles. The van der Waals surface area contributed by atoms with E-state index in [0.29, 0.717) is 17.4 Å². The molecule has 0 radical (unpaired) electrons. The lowest BCUT2D eigenvalue weighted by Crippen LogP contribution is -2.57. The van der Waals surface area contributed by atoms with Crippen LogP contribution in [0.2, 0.25) is 10.0 Å². The number of nitrogens with zero attached hydrogens (tertiary/aromatic N) is 1. The first kappa shape index (κ1) is 26.6. The zero-order chi connectivity index (χ0) is 25.4. The maximum Gasteiger partial charge on any atom is 0.229 e. The zero-order valence-electron chi connectivity index (χ0n) is 21.3. The number of hydrogen-bond acceptors (Lipinski definition) is 2. The van der Waals surface area contributed by atoms with Crippen molar-refractivity contribution in [3.63, 3.8) is 0 Å².